The van der Waals surface area contributed by atoms with E-state index in [0.29, 0.717) is 11.1 Å². The molecule has 0 saturated heterocycles. The first-order chi connectivity index (χ1) is 28.8. The van der Waals surface area contributed by atoms with Crippen molar-refractivity contribution in [1.82, 2.24) is 20.5 Å². The zero-order chi connectivity index (χ0) is 45.5. The van der Waals surface area contributed by atoms with Gasteiger partial charge in [0.25, 0.3) is 20.0 Å². The molecule has 6 N–H and O–H groups in total. The number of amides is 4. The second kappa shape index (κ2) is 16.7. The van der Waals surface area contributed by atoms with Crippen LogP contribution in [0.5, 0.6) is 0 Å². The summed E-state index contributed by atoms with van der Waals surface area (Å²) in [7, 11) is -8.42. The molecule has 6 aromatic rings. The standard InChI is InChI=1S/C43H44N6O11S2/c1-23-9-13-27(14-10-23)61(55,56)48-46-39(52)35-21-33(50)29-17-25(42(3,4)5)19-31(37(29)59-35)44-41(54)45-32-20-26(43(6,7)8)18-30-34(51)22-36(60-38(30)32)40(53)47-49-62(57,58)28-15-11-24(2)12-16-28/h9-22,48-49H,1-8H3,(H,46,52)(H,47,53)(H2,44,45,54). The molecular formula is C43H44N6O11S2. The van der Waals surface area contributed by atoms with Gasteiger partial charge in [0.1, 0.15) is 0 Å². The number of hydrogen-bond donors (Lipinski definition) is 6. The molecule has 17 nitrogen and oxygen atoms in total. The third-order valence-corrected chi connectivity index (χ3v) is 12.1. The number of rotatable bonds is 10. The van der Waals surface area contributed by atoms with E-state index in [4.69, 9.17) is 8.83 Å². The van der Waals surface area contributed by atoms with Crippen LogP contribution in [0.3, 0.4) is 0 Å². The fourth-order valence-electron chi connectivity index (χ4n) is 5.97. The Labute approximate surface area is 356 Å². The quantitative estimate of drug-likeness (QED) is 0.0870. The number of hydrazine groups is 2. The van der Waals surface area contributed by atoms with E-state index in [0.717, 1.165) is 23.3 Å². The van der Waals surface area contributed by atoms with Gasteiger partial charge in [0.2, 0.25) is 0 Å². The molecule has 0 atom stereocenters. The second-order valence-electron chi connectivity index (χ2n) is 16.6. The highest BCUT2D eigenvalue weighted by Crippen LogP contribution is 2.34. The Hall–Kier alpha value is -6.67. The van der Waals surface area contributed by atoms with E-state index in [1.54, 1.807) is 50.2 Å². The summed E-state index contributed by atoms with van der Waals surface area (Å²) >= 11 is 0. The van der Waals surface area contributed by atoms with Crippen LogP contribution in [-0.4, -0.2) is 34.7 Å². The summed E-state index contributed by atoms with van der Waals surface area (Å²) in [6.07, 6.45) is 0. The van der Waals surface area contributed by atoms with Gasteiger partial charge in [-0.1, -0.05) is 76.9 Å². The van der Waals surface area contributed by atoms with Gasteiger partial charge in [0, 0.05) is 12.1 Å². The fraction of sp³-hybridized carbons (Fsp3) is 0.233. The molecule has 0 radical (unpaired) electrons. The molecule has 4 aromatic carbocycles. The van der Waals surface area contributed by atoms with Crippen molar-refractivity contribution in [2.24, 2.45) is 0 Å². The van der Waals surface area contributed by atoms with Crippen molar-refractivity contribution in [3.8, 4) is 0 Å². The molecule has 62 heavy (non-hydrogen) atoms. The zero-order valence-corrected chi connectivity index (χ0v) is 36.5. The number of carbonyl (C=O) groups is 3. The summed E-state index contributed by atoms with van der Waals surface area (Å²) in [5, 5.41) is 5.28. The number of benzene rings is 4. The van der Waals surface area contributed by atoms with E-state index >= 15 is 0 Å². The van der Waals surface area contributed by atoms with E-state index in [9.17, 15) is 40.8 Å². The first-order valence-corrected chi connectivity index (χ1v) is 21.9. The zero-order valence-electron chi connectivity index (χ0n) is 34.9. The van der Waals surface area contributed by atoms with Crippen LogP contribution in [0.2, 0.25) is 0 Å². The number of hydrogen-bond acceptors (Lipinski definition) is 11. The molecule has 0 unspecified atom stereocenters. The van der Waals surface area contributed by atoms with Crippen molar-refractivity contribution in [3.63, 3.8) is 0 Å². The predicted octanol–water partition coefficient (Wildman–Crippen LogP) is 6.00. The van der Waals surface area contributed by atoms with Crippen molar-refractivity contribution in [2.75, 3.05) is 10.6 Å². The summed E-state index contributed by atoms with van der Waals surface area (Å²) in [6, 6.07) is 18.7. The van der Waals surface area contributed by atoms with Crippen LogP contribution in [0.1, 0.15) is 84.9 Å². The van der Waals surface area contributed by atoms with E-state index < -0.39 is 71.1 Å². The van der Waals surface area contributed by atoms with E-state index in [1.165, 1.54) is 36.4 Å². The maximum absolute atomic E-state index is 14.0. The Bertz CT molecular complexity index is 2920. The average molecular weight is 885 g/mol. The summed E-state index contributed by atoms with van der Waals surface area (Å²) in [4.78, 5) is 71.1. The third-order valence-electron chi connectivity index (χ3n) is 9.59. The Morgan fingerprint density at radius 3 is 1.18 bits per heavy atom. The topological polar surface area (TPSA) is 252 Å². The van der Waals surface area contributed by atoms with Gasteiger partial charge >= 0.3 is 17.8 Å². The molecule has 2 heterocycles. The van der Waals surface area contributed by atoms with E-state index in [1.807, 2.05) is 62.1 Å². The largest absolute Gasteiger partial charge is 0.448 e. The maximum Gasteiger partial charge on any atom is 0.323 e. The summed E-state index contributed by atoms with van der Waals surface area (Å²) in [5.41, 5.74) is 3.85. The minimum atomic E-state index is -4.21. The number of fused-ring (bicyclic) bond motifs is 2. The first-order valence-electron chi connectivity index (χ1n) is 18.9. The molecule has 0 spiro atoms. The maximum atomic E-state index is 14.0. The van der Waals surface area contributed by atoms with Crippen molar-refractivity contribution in [3.05, 3.63) is 139 Å². The summed E-state index contributed by atoms with van der Waals surface area (Å²) in [6.45, 7) is 14.8. The smallest absolute Gasteiger partial charge is 0.323 e. The molecule has 6 rings (SSSR count). The molecular weight excluding hydrogens is 841 g/mol. The van der Waals surface area contributed by atoms with Crippen LogP contribution >= 0.6 is 0 Å². The normalized spacial score (nSPS) is 12.3. The van der Waals surface area contributed by atoms with Crippen molar-refractivity contribution in [2.45, 2.75) is 76.0 Å². The monoisotopic (exact) mass is 884 g/mol. The van der Waals surface area contributed by atoms with Crippen molar-refractivity contribution < 1.29 is 40.1 Å². The fourth-order valence-corrected chi connectivity index (χ4v) is 7.65. The summed E-state index contributed by atoms with van der Waals surface area (Å²) in [5.74, 6) is -3.39. The van der Waals surface area contributed by atoms with Crippen molar-refractivity contribution >= 4 is 71.2 Å². The number of anilines is 2. The van der Waals surface area contributed by atoms with Crippen LogP contribution in [0.25, 0.3) is 21.9 Å². The van der Waals surface area contributed by atoms with Crippen molar-refractivity contribution in [1.29, 1.82) is 0 Å². The molecule has 0 fully saturated rings. The number of nitrogens with one attached hydrogen (secondary N) is 6. The first kappa shape index (κ1) is 44.9. The van der Waals surface area contributed by atoms with Gasteiger partial charge in [0.05, 0.1) is 31.9 Å². The molecule has 324 valence electrons. The average Bonchev–Trinajstić information content (AvgIpc) is 3.18. The van der Waals surface area contributed by atoms with E-state index in [2.05, 4.69) is 10.6 Å². The molecule has 0 aliphatic rings. The van der Waals surface area contributed by atoms with Gasteiger partial charge in [-0.15, -0.1) is 9.66 Å². The summed E-state index contributed by atoms with van der Waals surface area (Å²) < 4.78 is 63.0. The van der Waals surface area contributed by atoms with Crippen LogP contribution in [0.15, 0.2) is 113 Å². The number of aryl methyl sites for hydroxylation is 2. The SMILES string of the molecule is Cc1ccc(S(=O)(=O)NNC(=O)c2cc(=O)c3cc(C(C)(C)C)cc(NC(=O)Nc4cc(C(C)(C)C)cc5c(=O)cc(C(=O)NNS(=O)(=O)c6ccc(C)cc6)oc45)c3o2)cc1. The van der Waals surface area contributed by atoms with Crippen LogP contribution < -0.4 is 42.0 Å². The highest BCUT2D eigenvalue weighted by molar-refractivity contribution is 7.89. The van der Waals surface area contributed by atoms with E-state index in [-0.39, 0.29) is 43.1 Å². The van der Waals surface area contributed by atoms with Crippen LogP contribution in [0.4, 0.5) is 16.2 Å². The lowest BCUT2D eigenvalue weighted by atomic mass is 9.86. The lowest BCUT2D eigenvalue weighted by Crippen LogP contribution is -2.41. The number of urea groups is 1. The number of carbonyl (C=O) groups excluding carboxylic acids is 3. The van der Waals surface area contributed by atoms with Gasteiger partial charge < -0.3 is 19.5 Å². The van der Waals surface area contributed by atoms with Gasteiger partial charge in [-0.25, -0.2) is 21.6 Å². The molecule has 0 saturated carbocycles. The minimum Gasteiger partial charge on any atom is -0.448 e. The molecule has 4 amide bonds. The minimum absolute atomic E-state index is 0.00987. The molecule has 0 bridgehead atoms. The van der Waals surface area contributed by atoms with Gasteiger partial charge in [-0.3, -0.25) is 30.0 Å². The lowest BCUT2D eigenvalue weighted by molar-refractivity contribution is 0.0911. The third kappa shape index (κ3) is 9.92. The Morgan fingerprint density at radius 2 is 0.855 bits per heavy atom. The second-order valence-corrected chi connectivity index (χ2v) is 19.9. The predicted molar refractivity (Wildman–Crippen MR) is 233 cm³/mol. The highest BCUT2D eigenvalue weighted by Gasteiger charge is 2.26. The lowest BCUT2D eigenvalue weighted by Gasteiger charge is -2.22. The molecule has 2 aromatic heterocycles. The van der Waals surface area contributed by atoms with Gasteiger partial charge in [-0.2, -0.15) is 0 Å². The Balaban J connectivity index is 1.34. The van der Waals surface area contributed by atoms with Crippen LogP contribution in [0, 0.1) is 13.8 Å². The highest BCUT2D eigenvalue weighted by atomic mass is 32.2. The van der Waals surface area contributed by atoms with Gasteiger partial charge in [-0.05, 0) is 84.3 Å². The molecule has 0 aliphatic carbocycles. The van der Waals surface area contributed by atoms with Crippen LogP contribution in [-0.2, 0) is 30.9 Å². The Kier molecular flexibility index (Phi) is 12.1. The molecule has 19 heteroatoms. The van der Waals surface area contributed by atoms with Gasteiger partial charge in [0.15, 0.2) is 33.5 Å². The Morgan fingerprint density at radius 1 is 0.516 bits per heavy atom. The molecule has 0 aliphatic heterocycles. The number of sulfonamides is 2.